The highest BCUT2D eigenvalue weighted by Gasteiger charge is 2.31. The molecule has 0 aliphatic carbocycles. The maximum atomic E-state index is 12.8. The van der Waals surface area contributed by atoms with Crippen LogP contribution in [0.15, 0.2) is 59.5 Å². The van der Waals surface area contributed by atoms with Gasteiger partial charge in [-0.1, -0.05) is 36.4 Å². The Hall–Kier alpha value is -1.97. The molecule has 1 aliphatic heterocycles. The van der Waals surface area contributed by atoms with Crippen molar-refractivity contribution in [3.8, 4) is 0 Å². The Morgan fingerprint density at radius 2 is 1.75 bits per heavy atom. The van der Waals surface area contributed by atoms with E-state index < -0.39 is 21.5 Å². The number of halogens is 1. The number of carbonyl (C=O) groups is 1. The predicted octanol–water partition coefficient (Wildman–Crippen LogP) is 1.94. The molecule has 28 heavy (non-hydrogen) atoms. The molecule has 7 nitrogen and oxygen atoms in total. The number of nitrogens with one attached hydrogen (secondary N) is 1. The molecule has 1 unspecified atom stereocenters. The van der Waals surface area contributed by atoms with E-state index in [1.165, 1.54) is 16.4 Å². The lowest BCUT2D eigenvalue weighted by Gasteiger charge is -2.26. The monoisotopic (exact) mass is 425 g/mol. The summed E-state index contributed by atoms with van der Waals surface area (Å²) in [6.45, 7) is 2.99. The zero-order valence-electron chi connectivity index (χ0n) is 15.5. The Labute approximate surface area is 171 Å². The average molecular weight is 426 g/mol. The number of nitrogens with two attached hydrogens (primary N) is 1. The summed E-state index contributed by atoms with van der Waals surface area (Å²) >= 11 is 0. The van der Waals surface area contributed by atoms with Crippen LogP contribution in [-0.2, 0) is 25.1 Å². The van der Waals surface area contributed by atoms with Crippen LogP contribution in [0.5, 0.6) is 0 Å². The van der Waals surface area contributed by atoms with E-state index in [1.54, 1.807) is 31.2 Å². The Morgan fingerprint density at radius 1 is 1.11 bits per heavy atom. The molecule has 1 heterocycles. The van der Waals surface area contributed by atoms with E-state index in [4.69, 9.17) is 10.5 Å². The Morgan fingerprint density at radius 3 is 2.39 bits per heavy atom. The van der Waals surface area contributed by atoms with Gasteiger partial charge in [-0.2, -0.15) is 4.31 Å². The summed E-state index contributed by atoms with van der Waals surface area (Å²) in [6, 6.07) is 15.2. The van der Waals surface area contributed by atoms with Gasteiger partial charge in [0, 0.05) is 18.8 Å². The van der Waals surface area contributed by atoms with Crippen molar-refractivity contribution in [1.82, 2.24) is 4.31 Å². The van der Waals surface area contributed by atoms with E-state index in [9.17, 15) is 13.2 Å². The van der Waals surface area contributed by atoms with Crippen molar-refractivity contribution in [2.75, 3.05) is 31.6 Å². The third-order valence-electron chi connectivity index (χ3n) is 4.54. The number of sulfonamides is 1. The van der Waals surface area contributed by atoms with Gasteiger partial charge in [0.05, 0.1) is 18.1 Å². The van der Waals surface area contributed by atoms with Crippen LogP contribution >= 0.6 is 12.4 Å². The van der Waals surface area contributed by atoms with Crippen LogP contribution in [-0.4, -0.2) is 44.9 Å². The molecule has 0 aromatic heterocycles. The summed E-state index contributed by atoms with van der Waals surface area (Å²) in [6.07, 6.45) is 0. The fraction of sp³-hybridized carbons (Fsp3) is 0.316. The van der Waals surface area contributed by atoms with Crippen LogP contribution < -0.4 is 11.1 Å². The number of hydrogen-bond donors (Lipinski definition) is 2. The van der Waals surface area contributed by atoms with Gasteiger partial charge < -0.3 is 15.8 Å². The van der Waals surface area contributed by atoms with E-state index in [1.807, 2.05) is 18.2 Å². The minimum atomic E-state index is -3.64. The van der Waals surface area contributed by atoms with Crippen LogP contribution in [0.4, 0.5) is 5.69 Å². The first kappa shape index (κ1) is 22.3. The molecule has 2 aromatic rings. The van der Waals surface area contributed by atoms with Gasteiger partial charge in [-0.05, 0) is 30.7 Å². The number of nitrogens with zero attached hydrogens (tertiary/aromatic N) is 1. The van der Waals surface area contributed by atoms with E-state index in [2.05, 4.69) is 5.32 Å². The summed E-state index contributed by atoms with van der Waals surface area (Å²) in [5, 5.41) is 2.72. The number of morpholine rings is 1. The summed E-state index contributed by atoms with van der Waals surface area (Å²) in [5.41, 5.74) is 6.01. The van der Waals surface area contributed by atoms with Crippen molar-refractivity contribution in [3.05, 3.63) is 60.2 Å². The number of hydrogen-bond acceptors (Lipinski definition) is 5. The molecular formula is C19H24ClN3O4S. The second-order valence-corrected chi connectivity index (χ2v) is 8.50. The maximum absolute atomic E-state index is 12.8. The lowest BCUT2D eigenvalue weighted by atomic mass is 9.92. The van der Waals surface area contributed by atoms with Gasteiger partial charge in [-0.3, -0.25) is 4.79 Å². The number of amides is 1. The zero-order valence-corrected chi connectivity index (χ0v) is 17.1. The fourth-order valence-electron chi connectivity index (χ4n) is 2.85. The molecule has 1 aliphatic rings. The number of carbonyl (C=O) groups excluding carboxylic acids is 1. The van der Waals surface area contributed by atoms with E-state index in [0.29, 0.717) is 37.6 Å². The molecule has 1 saturated heterocycles. The number of benzene rings is 2. The van der Waals surface area contributed by atoms with Crippen LogP contribution in [0.25, 0.3) is 0 Å². The van der Waals surface area contributed by atoms with Crippen LogP contribution in [0.1, 0.15) is 12.5 Å². The smallest absolute Gasteiger partial charge is 0.248 e. The van der Waals surface area contributed by atoms with Gasteiger partial charge >= 0.3 is 0 Å². The normalized spacial score (nSPS) is 17.2. The molecule has 0 radical (unpaired) electrons. The molecule has 0 bridgehead atoms. The summed E-state index contributed by atoms with van der Waals surface area (Å²) in [7, 11) is -3.64. The van der Waals surface area contributed by atoms with E-state index in [0.717, 1.165) is 0 Å². The van der Waals surface area contributed by atoms with Gasteiger partial charge in [0.1, 0.15) is 5.54 Å². The molecule has 3 rings (SSSR count). The standard InChI is InChI=1S/C19H23N3O4S.ClH/c1-19(20,15-6-3-2-4-7-15)18(23)21-16-8-5-9-17(14-16)27(24,25)22-10-12-26-13-11-22;/h2-9,14H,10-13,20H2,1H3,(H,21,23);1H. The highest BCUT2D eigenvalue weighted by atomic mass is 35.5. The first-order valence-electron chi connectivity index (χ1n) is 8.65. The third kappa shape index (κ3) is 4.71. The van der Waals surface area contributed by atoms with Crippen molar-refractivity contribution in [1.29, 1.82) is 0 Å². The predicted molar refractivity (Wildman–Crippen MR) is 110 cm³/mol. The quantitative estimate of drug-likeness (QED) is 0.762. The molecule has 1 fully saturated rings. The SMILES string of the molecule is CC(N)(C(=O)Nc1cccc(S(=O)(=O)N2CCOCC2)c1)c1ccccc1.Cl. The topological polar surface area (TPSA) is 102 Å². The van der Waals surface area contributed by atoms with Crippen molar-refractivity contribution in [3.63, 3.8) is 0 Å². The molecule has 2 aromatic carbocycles. The molecule has 152 valence electrons. The van der Waals surface area contributed by atoms with Crippen molar-refractivity contribution in [2.45, 2.75) is 17.4 Å². The molecule has 9 heteroatoms. The average Bonchev–Trinajstić information content (AvgIpc) is 2.69. The fourth-order valence-corrected chi connectivity index (χ4v) is 4.30. The van der Waals surface area contributed by atoms with Crippen LogP contribution in [0.3, 0.4) is 0 Å². The van der Waals surface area contributed by atoms with Gasteiger partial charge in [-0.25, -0.2) is 8.42 Å². The number of anilines is 1. The van der Waals surface area contributed by atoms with Gasteiger partial charge in [0.15, 0.2) is 0 Å². The lowest BCUT2D eigenvalue weighted by Crippen LogP contribution is -2.45. The van der Waals surface area contributed by atoms with E-state index >= 15 is 0 Å². The Balaban J connectivity index is 0.00000280. The first-order chi connectivity index (χ1) is 12.8. The van der Waals surface area contributed by atoms with Crippen molar-refractivity contribution < 1.29 is 17.9 Å². The highest BCUT2D eigenvalue weighted by Crippen LogP contribution is 2.23. The molecule has 1 amide bonds. The maximum Gasteiger partial charge on any atom is 0.248 e. The summed E-state index contributed by atoms with van der Waals surface area (Å²) in [5.74, 6) is -0.422. The van der Waals surface area contributed by atoms with Crippen molar-refractivity contribution >= 4 is 34.0 Å². The first-order valence-corrected chi connectivity index (χ1v) is 10.1. The summed E-state index contributed by atoms with van der Waals surface area (Å²) < 4.78 is 32.1. The summed E-state index contributed by atoms with van der Waals surface area (Å²) in [4.78, 5) is 12.8. The molecular weight excluding hydrogens is 402 g/mol. The molecule has 3 N–H and O–H groups in total. The van der Waals surface area contributed by atoms with Crippen LogP contribution in [0, 0.1) is 0 Å². The van der Waals surface area contributed by atoms with E-state index in [-0.39, 0.29) is 17.3 Å². The zero-order chi connectivity index (χ0) is 19.5. The highest BCUT2D eigenvalue weighted by molar-refractivity contribution is 7.89. The number of ether oxygens (including phenoxy) is 1. The van der Waals surface area contributed by atoms with Gasteiger partial charge in [0.25, 0.3) is 0 Å². The van der Waals surface area contributed by atoms with Crippen LogP contribution in [0.2, 0.25) is 0 Å². The van der Waals surface area contributed by atoms with Crippen molar-refractivity contribution in [2.24, 2.45) is 5.73 Å². The Bertz CT molecular complexity index is 914. The molecule has 0 spiro atoms. The van der Waals surface area contributed by atoms with Gasteiger partial charge in [-0.15, -0.1) is 12.4 Å². The number of rotatable bonds is 5. The van der Waals surface area contributed by atoms with Gasteiger partial charge in [0.2, 0.25) is 15.9 Å². The lowest BCUT2D eigenvalue weighted by molar-refractivity contribution is -0.120. The second kappa shape index (κ2) is 9.02. The largest absolute Gasteiger partial charge is 0.379 e. The minimum Gasteiger partial charge on any atom is -0.379 e. The second-order valence-electron chi connectivity index (χ2n) is 6.57. The third-order valence-corrected chi connectivity index (χ3v) is 6.44. The Kier molecular flexibility index (Phi) is 7.19. The minimum absolute atomic E-state index is 0. The molecule has 0 saturated carbocycles. The molecule has 1 atom stereocenters.